The Hall–Kier alpha value is -2.43. The minimum absolute atomic E-state index is 0.00549. The molecule has 8 heteroatoms. The minimum Gasteiger partial charge on any atom is -0.350 e. The Morgan fingerprint density at radius 3 is 2.65 bits per heavy atom. The van der Waals surface area contributed by atoms with E-state index in [-0.39, 0.29) is 36.3 Å². The third kappa shape index (κ3) is 5.06. The highest BCUT2D eigenvalue weighted by Crippen LogP contribution is 1.99. The van der Waals surface area contributed by atoms with Gasteiger partial charge in [-0.3, -0.25) is 9.59 Å². The molecule has 0 aromatic carbocycles. The number of aromatic nitrogens is 3. The summed E-state index contributed by atoms with van der Waals surface area (Å²) in [7, 11) is 1.53. The summed E-state index contributed by atoms with van der Waals surface area (Å²) in [6, 6.07) is 1.78. The van der Waals surface area contributed by atoms with E-state index in [1.54, 1.807) is 6.07 Å². The molecule has 1 N–H and O–H groups in total. The number of hydrogen-bond acceptors (Lipinski definition) is 5. The van der Waals surface area contributed by atoms with Crippen LogP contribution in [0.4, 0.5) is 0 Å². The van der Waals surface area contributed by atoms with Crippen LogP contribution in [0.3, 0.4) is 0 Å². The quantitative estimate of drug-likeness (QED) is 0.801. The van der Waals surface area contributed by atoms with Gasteiger partial charge in [0.25, 0.3) is 5.82 Å². The zero-order valence-electron chi connectivity index (χ0n) is 12.0. The molecule has 0 radical (unpaired) electrons. The second-order valence-corrected chi connectivity index (χ2v) is 5.43. The molecule has 2 amide bonds. The largest absolute Gasteiger partial charge is 0.350 e. The molecule has 1 aromatic heterocycles. The van der Waals surface area contributed by atoms with E-state index in [1.165, 1.54) is 23.0 Å². The molecule has 108 valence electrons. The van der Waals surface area contributed by atoms with Crippen LogP contribution in [0.5, 0.6) is 0 Å². The van der Waals surface area contributed by atoms with Crippen molar-refractivity contribution in [2.75, 3.05) is 13.6 Å². The molecule has 0 fully saturated rings. The Morgan fingerprint density at radius 2 is 2.15 bits per heavy atom. The first kappa shape index (κ1) is 15.6. The molecule has 0 bridgehead atoms. The Kier molecular flexibility index (Phi) is 4.80. The van der Waals surface area contributed by atoms with Gasteiger partial charge in [0.2, 0.25) is 11.8 Å². The SMILES string of the molecule is CN(CC(=O)NC(C)(C)C)C(=O)Cn1cnc(C#N)n1. The monoisotopic (exact) mass is 278 g/mol. The Labute approximate surface area is 117 Å². The molecular weight excluding hydrogens is 260 g/mol. The van der Waals surface area contributed by atoms with Crippen molar-refractivity contribution in [2.24, 2.45) is 0 Å². The van der Waals surface area contributed by atoms with Crippen LogP contribution in [-0.4, -0.2) is 50.6 Å². The fraction of sp³-hybridized carbons (Fsp3) is 0.583. The van der Waals surface area contributed by atoms with Gasteiger partial charge in [0.15, 0.2) is 0 Å². The van der Waals surface area contributed by atoms with E-state index < -0.39 is 0 Å². The van der Waals surface area contributed by atoms with Crippen LogP contribution in [0.25, 0.3) is 0 Å². The van der Waals surface area contributed by atoms with Crippen molar-refractivity contribution in [1.82, 2.24) is 25.0 Å². The number of carbonyl (C=O) groups excluding carboxylic acids is 2. The maximum atomic E-state index is 11.9. The van der Waals surface area contributed by atoms with E-state index in [0.717, 1.165) is 0 Å². The molecule has 1 rings (SSSR count). The van der Waals surface area contributed by atoms with Crippen molar-refractivity contribution >= 4 is 11.8 Å². The number of hydrogen-bond donors (Lipinski definition) is 1. The first-order valence-corrected chi connectivity index (χ1v) is 6.06. The van der Waals surface area contributed by atoms with E-state index in [4.69, 9.17) is 5.26 Å². The number of nitrogens with zero attached hydrogens (tertiary/aromatic N) is 5. The minimum atomic E-state index is -0.339. The van der Waals surface area contributed by atoms with Crippen molar-refractivity contribution in [3.05, 3.63) is 12.2 Å². The van der Waals surface area contributed by atoms with Gasteiger partial charge in [0, 0.05) is 12.6 Å². The zero-order chi connectivity index (χ0) is 15.3. The van der Waals surface area contributed by atoms with Gasteiger partial charge in [0.1, 0.15) is 18.9 Å². The predicted molar refractivity (Wildman–Crippen MR) is 70.3 cm³/mol. The molecule has 0 aliphatic heterocycles. The molecular formula is C12H18N6O2. The third-order valence-electron chi connectivity index (χ3n) is 2.25. The number of carbonyl (C=O) groups is 2. The van der Waals surface area contributed by atoms with Crippen molar-refractivity contribution in [1.29, 1.82) is 5.26 Å². The molecule has 0 saturated heterocycles. The number of rotatable bonds is 4. The molecule has 0 unspecified atom stereocenters. The lowest BCUT2D eigenvalue weighted by molar-refractivity contribution is -0.135. The van der Waals surface area contributed by atoms with Gasteiger partial charge in [-0.25, -0.2) is 9.67 Å². The van der Waals surface area contributed by atoms with Gasteiger partial charge >= 0.3 is 0 Å². The van der Waals surface area contributed by atoms with Crippen LogP contribution in [0.1, 0.15) is 26.6 Å². The summed E-state index contributed by atoms with van der Waals surface area (Å²) in [6.45, 7) is 5.51. The molecule has 20 heavy (non-hydrogen) atoms. The molecule has 1 heterocycles. The smallest absolute Gasteiger partial charge is 0.252 e. The highest BCUT2D eigenvalue weighted by molar-refractivity contribution is 5.84. The number of amides is 2. The van der Waals surface area contributed by atoms with Gasteiger partial charge in [0.05, 0.1) is 6.54 Å². The fourth-order valence-corrected chi connectivity index (χ4v) is 1.44. The summed E-state index contributed by atoms with van der Waals surface area (Å²) < 4.78 is 1.26. The van der Waals surface area contributed by atoms with Crippen LogP contribution in [0, 0.1) is 11.3 Å². The van der Waals surface area contributed by atoms with Gasteiger partial charge in [-0.05, 0) is 20.8 Å². The fourth-order valence-electron chi connectivity index (χ4n) is 1.44. The van der Waals surface area contributed by atoms with Crippen molar-refractivity contribution in [3.63, 3.8) is 0 Å². The standard InChI is InChI=1S/C12H18N6O2/c1-12(2,3)15-10(19)6-17(4)11(20)7-18-8-14-9(5-13)16-18/h8H,6-7H2,1-4H3,(H,15,19). The van der Waals surface area contributed by atoms with Crippen LogP contribution < -0.4 is 5.32 Å². The van der Waals surface area contributed by atoms with Crippen LogP contribution in [0.15, 0.2) is 6.33 Å². The van der Waals surface area contributed by atoms with Crippen LogP contribution >= 0.6 is 0 Å². The summed E-state index contributed by atoms with van der Waals surface area (Å²) in [5.41, 5.74) is -0.339. The molecule has 0 aliphatic carbocycles. The second-order valence-electron chi connectivity index (χ2n) is 5.43. The predicted octanol–water partition coefficient (Wildman–Crippen LogP) is -0.477. The van der Waals surface area contributed by atoms with Gasteiger partial charge in [-0.1, -0.05) is 0 Å². The highest BCUT2D eigenvalue weighted by Gasteiger charge is 2.18. The van der Waals surface area contributed by atoms with E-state index >= 15 is 0 Å². The normalized spacial score (nSPS) is 10.8. The Balaban J connectivity index is 2.51. The van der Waals surface area contributed by atoms with Crippen molar-refractivity contribution in [3.8, 4) is 6.07 Å². The average molecular weight is 278 g/mol. The molecule has 1 aromatic rings. The summed E-state index contributed by atoms with van der Waals surface area (Å²) in [4.78, 5) is 28.6. The average Bonchev–Trinajstić information content (AvgIpc) is 2.73. The Morgan fingerprint density at radius 1 is 1.50 bits per heavy atom. The molecule has 0 spiro atoms. The maximum absolute atomic E-state index is 11.9. The van der Waals surface area contributed by atoms with Crippen molar-refractivity contribution < 1.29 is 9.59 Å². The molecule has 0 atom stereocenters. The topological polar surface area (TPSA) is 104 Å². The lowest BCUT2D eigenvalue weighted by Gasteiger charge is -2.23. The van der Waals surface area contributed by atoms with Crippen LogP contribution in [0.2, 0.25) is 0 Å². The Bertz CT molecular complexity index is 537. The van der Waals surface area contributed by atoms with Gasteiger partial charge in [-0.2, -0.15) is 5.26 Å². The van der Waals surface area contributed by atoms with E-state index in [9.17, 15) is 9.59 Å². The molecule has 0 aliphatic rings. The lowest BCUT2D eigenvalue weighted by Crippen LogP contribution is -2.46. The third-order valence-corrected chi connectivity index (χ3v) is 2.25. The first-order valence-electron chi connectivity index (χ1n) is 6.06. The first-order chi connectivity index (χ1) is 9.21. The van der Waals surface area contributed by atoms with E-state index in [0.29, 0.717) is 0 Å². The maximum Gasteiger partial charge on any atom is 0.252 e. The molecule has 8 nitrogen and oxygen atoms in total. The van der Waals surface area contributed by atoms with Gasteiger partial charge in [-0.15, -0.1) is 5.10 Å². The number of nitrogens with one attached hydrogen (secondary N) is 1. The summed E-state index contributed by atoms with van der Waals surface area (Å²) in [5, 5.41) is 15.1. The summed E-state index contributed by atoms with van der Waals surface area (Å²) in [5.74, 6) is -0.515. The number of nitriles is 1. The van der Waals surface area contributed by atoms with Crippen LogP contribution in [-0.2, 0) is 16.1 Å². The summed E-state index contributed by atoms with van der Waals surface area (Å²) in [6.07, 6.45) is 1.31. The second kappa shape index (κ2) is 6.14. The van der Waals surface area contributed by atoms with E-state index in [1.807, 2.05) is 20.8 Å². The van der Waals surface area contributed by atoms with Crippen molar-refractivity contribution in [2.45, 2.75) is 32.9 Å². The summed E-state index contributed by atoms with van der Waals surface area (Å²) >= 11 is 0. The molecule has 0 saturated carbocycles. The number of likely N-dealkylation sites (N-methyl/N-ethyl adjacent to an activating group) is 1. The lowest BCUT2D eigenvalue weighted by atomic mass is 10.1. The van der Waals surface area contributed by atoms with Gasteiger partial charge < -0.3 is 10.2 Å². The zero-order valence-corrected chi connectivity index (χ0v) is 12.0. The highest BCUT2D eigenvalue weighted by atomic mass is 16.2. The van der Waals surface area contributed by atoms with E-state index in [2.05, 4.69) is 15.4 Å².